The van der Waals surface area contributed by atoms with E-state index in [0.717, 1.165) is 49.0 Å². The molecule has 1 saturated heterocycles. The fraction of sp³-hybridized carbons (Fsp3) is 0.562. The maximum Gasteiger partial charge on any atom is 0.205 e. The highest BCUT2D eigenvalue weighted by atomic mass is 32.1. The topological polar surface area (TPSA) is 71.4 Å². The fourth-order valence-electron chi connectivity index (χ4n) is 2.80. The molecule has 3 heterocycles. The summed E-state index contributed by atoms with van der Waals surface area (Å²) < 4.78 is 9.43. The van der Waals surface area contributed by atoms with Crippen molar-refractivity contribution in [2.75, 3.05) is 31.7 Å². The van der Waals surface area contributed by atoms with Gasteiger partial charge in [0.15, 0.2) is 0 Å². The number of nitrogens with zero attached hydrogens (tertiary/aromatic N) is 4. The predicted octanol–water partition coefficient (Wildman–Crippen LogP) is 1.70. The molecule has 7 heteroatoms. The number of aliphatic hydroxyl groups is 1. The van der Waals surface area contributed by atoms with Gasteiger partial charge in [0, 0.05) is 56.5 Å². The third kappa shape index (κ3) is 4.25. The van der Waals surface area contributed by atoms with Crippen molar-refractivity contribution >= 4 is 16.7 Å². The first-order valence-corrected chi connectivity index (χ1v) is 8.65. The molecule has 0 aromatic carbocycles. The van der Waals surface area contributed by atoms with Crippen LogP contribution < -0.4 is 4.90 Å². The maximum absolute atomic E-state index is 10.8. The van der Waals surface area contributed by atoms with Crippen LogP contribution >= 0.6 is 11.5 Å². The second kappa shape index (κ2) is 7.33. The Bertz CT molecular complexity index is 612. The van der Waals surface area contributed by atoms with Crippen molar-refractivity contribution < 1.29 is 9.84 Å². The molecule has 0 amide bonds. The van der Waals surface area contributed by atoms with Crippen LogP contribution in [0.2, 0.25) is 0 Å². The zero-order valence-electron chi connectivity index (χ0n) is 13.3. The van der Waals surface area contributed by atoms with E-state index in [4.69, 9.17) is 4.74 Å². The van der Waals surface area contributed by atoms with Crippen LogP contribution in [0.5, 0.6) is 0 Å². The fourth-order valence-corrected chi connectivity index (χ4v) is 3.56. The summed E-state index contributed by atoms with van der Waals surface area (Å²) >= 11 is 1.43. The lowest BCUT2D eigenvalue weighted by atomic mass is 9.87. The maximum atomic E-state index is 10.8. The molecule has 1 N–H and O–H groups in total. The molecular weight excluding hydrogens is 312 g/mol. The number of anilines is 1. The summed E-state index contributed by atoms with van der Waals surface area (Å²) in [6, 6.07) is 5.83. The number of aromatic nitrogens is 3. The highest BCUT2D eigenvalue weighted by Crippen LogP contribution is 2.29. The first-order chi connectivity index (χ1) is 11.2. The van der Waals surface area contributed by atoms with E-state index < -0.39 is 5.60 Å². The minimum atomic E-state index is -0.672. The molecule has 0 aliphatic carbocycles. The second-order valence-corrected chi connectivity index (χ2v) is 6.68. The Hall–Kier alpha value is -1.57. The minimum absolute atomic E-state index is 0.608. The van der Waals surface area contributed by atoms with Crippen molar-refractivity contribution in [3.63, 3.8) is 0 Å². The number of piperidine rings is 1. The van der Waals surface area contributed by atoms with Gasteiger partial charge in [-0.25, -0.2) is 4.98 Å². The Labute approximate surface area is 140 Å². The standard InChI is InChI=1S/C16H22N4O2S/c1-22-11-5-14-18-15(23-19-14)20-9-6-16(21,7-10-20)12-13-4-2-3-8-17-13/h2-4,8,21H,5-7,9-12H2,1H3. The average Bonchev–Trinajstić information content (AvgIpc) is 3.03. The zero-order valence-corrected chi connectivity index (χ0v) is 14.1. The van der Waals surface area contributed by atoms with Crippen LogP contribution in [0, 0.1) is 0 Å². The average molecular weight is 334 g/mol. The summed E-state index contributed by atoms with van der Waals surface area (Å²) in [6.45, 7) is 2.23. The molecule has 1 fully saturated rings. The summed E-state index contributed by atoms with van der Waals surface area (Å²) in [4.78, 5) is 11.1. The molecule has 0 atom stereocenters. The van der Waals surface area contributed by atoms with Crippen molar-refractivity contribution in [3.8, 4) is 0 Å². The number of hydrogen-bond acceptors (Lipinski definition) is 7. The molecule has 3 rings (SSSR count). The molecule has 0 spiro atoms. The first-order valence-electron chi connectivity index (χ1n) is 7.87. The van der Waals surface area contributed by atoms with Gasteiger partial charge in [-0.05, 0) is 25.0 Å². The van der Waals surface area contributed by atoms with Crippen molar-refractivity contribution in [2.24, 2.45) is 0 Å². The molecule has 1 aliphatic rings. The van der Waals surface area contributed by atoms with E-state index >= 15 is 0 Å². The molecule has 2 aromatic rings. The number of pyridine rings is 1. The normalized spacial score (nSPS) is 17.4. The quantitative estimate of drug-likeness (QED) is 0.867. The van der Waals surface area contributed by atoms with Crippen LogP contribution in [-0.2, 0) is 17.6 Å². The molecule has 0 unspecified atom stereocenters. The zero-order chi connectivity index (χ0) is 16.1. The van der Waals surface area contributed by atoms with Crippen molar-refractivity contribution in [3.05, 3.63) is 35.9 Å². The Kier molecular flexibility index (Phi) is 5.20. The van der Waals surface area contributed by atoms with Gasteiger partial charge in [0.25, 0.3) is 0 Å². The summed E-state index contributed by atoms with van der Waals surface area (Å²) in [6.07, 6.45) is 4.56. The summed E-state index contributed by atoms with van der Waals surface area (Å²) in [5.74, 6) is 0.834. The van der Waals surface area contributed by atoms with E-state index in [1.165, 1.54) is 11.5 Å². The largest absolute Gasteiger partial charge is 0.389 e. The lowest BCUT2D eigenvalue weighted by molar-refractivity contribution is 0.0157. The third-order valence-corrected chi connectivity index (χ3v) is 5.00. The van der Waals surface area contributed by atoms with Gasteiger partial charge in [0.1, 0.15) is 5.82 Å². The Morgan fingerprint density at radius 3 is 2.87 bits per heavy atom. The van der Waals surface area contributed by atoms with Gasteiger partial charge < -0.3 is 14.7 Å². The SMILES string of the molecule is COCCc1nsc(N2CCC(O)(Cc3ccccn3)CC2)n1. The lowest BCUT2D eigenvalue weighted by Crippen LogP contribution is -2.45. The number of ether oxygens (including phenoxy) is 1. The van der Waals surface area contributed by atoms with Gasteiger partial charge in [-0.1, -0.05) is 6.07 Å². The summed E-state index contributed by atoms with van der Waals surface area (Å²) in [5, 5.41) is 11.7. The lowest BCUT2D eigenvalue weighted by Gasteiger charge is -2.37. The molecule has 0 saturated carbocycles. The first kappa shape index (κ1) is 16.3. The molecule has 124 valence electrons. The predicted molar refractivity (Wildman–Crippen MR) is 89.8 cm³/mol. The van der Waals surface area contributed by atoms with E-state index in [1.54, 1.807) is 13.3 Å². The van der Waals surface area contributed by atoms with E-state index in [1.807, 2.05) is 18.2 Å². The molecule has 1 aliphatic heterocycles. The van der Waals surface area contributed by atoms with E-state index in [9.17, 15) is 5.11 Å². The van der Waals surface area contributed by atoms with Gasteiger partial charge in [-0.15, -0.1) is 0 Å². The van der Waals surface area contributed by atoms with E-state index in [2.05, 4.69) is 19.2 Å². The molecule has 0 bridgehead atoms. The van der Waals surface area contributed by atoms with Crippen LogP contribution in [0.25, 0.3) is 0 Å². The Balaban J connectivity index is 1.56. The highest BCUT2D eigenvalue weighted by molar-refractivity contribution is 7.09. The molecule has 6 nitrogen and oxygen atoms in total. The van der Waals surface area contributed by atoms with E-state index in [-0.39, 0.29) is 0 Å². The van der Waals surface area contributed by atoms with Crippen molar-refractivity contribution in [1.29, 1.82) is 0 Å². The summed E-state index contributed by atoms with van der Waals surface area (Å²) in [7, 11) is 1.68. The molecule has 0 radical (unpaired) electrons. The van der Waals surface area contributed by atoms with Gasteiger partial charge in [0.2, 0.25) is 5.13 Å². The highest BCUT2D eigenvalue weighted by Gasteiger charge is 2.33. The Morgan fingerprint density at radius 1 is 1.35 bits per heavy atom. The smallest absolute Gasteiger partial charge is 0.205 e. The van der Waals surface area contributed by atoms with Crippen LogP contribution in [-0.4, -0.2) is 51.9 Å². The Morgan fingerprint density at radius 2 is 2.17 bits per heavy atom. The van der Waals surface area contributed by atoms with Gasteiger partial charge >= 0.3 is 0 Å². The number of hydrogen-bond donors (Lipinski definition) is 1. The number of rotatable bonds is 6. The van der Waals surface area contributed by atoms with Crippen LogP contribution in [0.3, 0.4) is 0 Å². The molecule has 23 heavy (non-hydrogen) atoms. The molecule has 2 aromatic heterocycles. The van der Waals surface area contributed by atoms with Crippen LogP contribution in [0.4, 0.5) is 5.13 Å². The van der Waals surface area contributed by atoms with Crippen molar-refractivity contribution in [1.82, 2.24) is 14.3 Å². The van der Waals surface area contributed by atoms with Crippen LogP contribution in [0.1, 0.15) is 24.4 Å². The number of methoxy groups -OCH3 is 1. The van der Waals surface area contributed by atoms with Crippen LogP contribution in [0.15, 0.2) is 24.4 Å². The van der Waals surface area contributed by atoms with Gasteiger partial charge in [0.05, 0.1) is 12.2 Å². The van der Waals surface area contributed by atoms with Gasteiger partial charge in [-0.3, -0.25) is 4.98 Å². The van der Waals surface area contributed by atoms with E-state index in [0.29, 0.717) is 13.0 Å². The molecular formula is C16H22N4O2S. The monoisotopic (exact) mass is 334 g/mol. The summed E-state index contributed by atoms with van der Waals surface area (Å²) in [5.41, 5.74) is 0.273. The van der Waals surface area contributed by atoms with Gasteiger partial charge in [-0.2, -0.15) is 4.37 Å². The minimum Gasteiger partial charge on any atom is -0.389 e. The second-order valence-electron chi connectivity index (χ2n) is 5.95. The van der Waals surface area contributed by atoms with Crippen molar-refractivity contribution in [2.45, 2.75) is 31.3 Å². The third-order valence-electron chi connectivity index (χ3n) is 4.19.